The van der Waals surface area contributed by atoms with Gasteiger partial charge < -0.3 is 9.80 Å². The summed E-state index contributed by atoms with van der Waals surface area (Å²) in [6.45, 7) is 7.87. The van der Waals surface area contributed by atoms with E-state index in [-0.39, 0.29) is 16.9 Å². The molecule has 1 amide bonds. The molecule has 0 saturated carbocycles. The second-order valence-electron chi connectivity index (χ2n) is 9.96. The molecule has 2 aromatic rings. The van der Waals surface area contributed by atoms with Gasteiger partial charge in [-0.3, -0.25) is 4.79 Å². The van der Waals surface area contributed by atoms with Crippen molar-refractivity contribution in [2.24, 2.45) is 0 Å². The Labute approximate surface area is 209 Å². The standard InChI is InChI=1S/C31H35N3O/c1-5-6-7-13-20-34-22-24(29(25(21-32)30(34)35)23-14-9-8-10-15-23)18-19-28-31(2,3)26-16-11-12-17-27(26)33(28)4/h8-12,14-19H,5-7,13,20,22H2,1-4H3. The van der Waals surface area contributed by atoms with E-state index in [1.165, 1.54) is 16.9 Å². The molecule has 0 spiro atoms. The number of nitriles is 1. The van der Waals surface area contributed by atoms with Gasteiger partial charge in [0.15, 0.2) is 0 Å². The molecule has 4 rings (SSSR count). The summed E-state index contributed by atoms with van der Waals surface area (Å²) in [7, 11) is 2.11. The lowest BCUT2D eigenvalue weighted by molar-refractivity contribution is -0.126. The monoisotopic (exact) mass is 465 g/mol. The Morgan fingerprint density at radius 3 is 2.40 bits per heavy atom. The molecule has 35 heavy (non-hydrogen) atoms. The Morgan fingerprint density at radius 2 is 1.71 bits per heavy atom. The Balaban J connectivity index is 1.78. The van der Waals surface area contributed by atoms with E-state index in [4.69, 9.17) is 0 Å². The fourth-order valence-electron chi connectivity index (χ4n) is 5.35. The minimum absolute atomic E-state index is 0.137. The van der Waals surface area contributed by atoms with Gasteiger partial charge in [0.25, 0.3) is 5.91 Å². The van der Waals surface area contributed by atoms with E-state index in [1.54, 1.807) is 0 Å². The third kappa shape index (κ3) is 4.68. The van der Waals surface area contributed by atoms with Gasteiger partial charge in [-0.15, -0.1) is 0 Å². The van der Waals surface area contributed by atoms with Crippen LogP contribution in [0.5, 0.6) is 0 Å². The molecule has 2 heterocycles. The lowest BCUT2D eigenvalue weighted by Gasteiger charge is -2.31. The predicted molar refractivity (Wildman–Crippen MR) is 144 cm³/mol. The van der Waals surface area contributed by atoms with Crippen LogP contribution in [-0.4, -0.2) is 30.9 Å². The molecule has 2 aliphatic rings. The number of hydrogen-bond acceptors (Lipinski definition) is 3. The summed E-state index contributed by atoms with van der Waals surface area (Å²) in [4.78, 5) is 17.4. The summed E-state index contributed by atoms with van der Waals surface area (Å²) in [5.41, 5.74) is 6.51. The fraction of sp³-hybridized carbons (Fsp3) is 0.355. The maximum atomic E-state index is 13.3. The van der Waals surface area contributed by atoms with Crippen LogP contribution in [0.1, 0.15) is 57.6 Å². The molecule has 2 aromatic carbocycles. The minimum atomic E-state index is -0.154. The summed E-state index contributed by atoms with van der Waals surface area (Å²) >= 11 is 0. The number of amides is 1. The molecule has 4 nitrogen and oxygen atoms in total. The van der Waals surface area contributed by atoms with E-state index >= 15 is 0 Å². The number of likely N-dealkylation sites (N-methyl/N-ethyl adjacent to an activating group) is 1. The summed E-state index contributed by atoms with van der Waals surface area (Å²) in [6, 6.07) is 20.6. The largest absolute Gasteiger partial charge is 0.347 e. The SMILES string of the molecule is CCCCCCN1CC(=CC=C2N(C)c3ccccc3C2(C)C)C(c2ccccc2)=C(C#N)C1=O. The third-order valence-corrected chi connectivity index (χ3v) is 7.27. The van der Waals surface area contributed by atoms with Crippen molar-refractivity contribution in [2.45, 2.75) is 51.9 Å². The summed E-state index contributed by atoms with van der Waals surface area (Å²) < 4.78 is 0. The van der Waals surface area contributed by atoms with Crippen molar-refractivity contribution in [1.82, 2.24) is 4.90 Å². The Kier molecular flexibility index (Phi) is 7.26. The van der Waals surface area contributed by atoms with Gasteiger partial charge in [-0.25, -0.2) is 0 Å². The Bertz CT molecular complexity index is 1230. The first-order chi connectivity index (χ1) is 16.9. The van der Waals surface area contributed by atoms with Crippen molar-refractivity contribution in [3.63, 3.8) is 0 Å². The van der Waals surface area contributed by atoms with Crippen LogP contribution < -0.4 is 4.90 Å². The van der Waals surface area contributed by atoms with Gasteiger partial charge in [0.2, 0.25) is 0 Å². The molecule has 0 bridgehead atoms. The van der Waals surface area contributed by atoms with E-state index in [9.17, 15) is 10.1 Å². The van der Waals surface area contributed by atoms with Crippen molar-refractivity contribution < 1.29 is 4.79 Å². The van der Waals surface area contributed by atoms with Crippen LogP contribution in [0, 0.1) is 11.3 Å². The van der Waals surface area contributed by atoms with Gasteiger partial charge in [-0.05, 0) is 35.3 Å². The second kappa shape index (κ2) is 10.4. The van der Waals surface area contributed by atoms with Crippen LogP contribution in [0.4, 0.5) is 5.69 Å². The Hall–Kier alpha value is -3.58. The van der Waals surface area contributed by atoms with Crippen LogP contribution in [0.15, 0.2) is 83.6 Å². The number of benzene rings is 2. The molecule has 0 aromatic heterocycles. The summed E-state index contributed by atoms with van der Waals surface area (Å²) in [6.07, 6.45) is 8.67. The van der Waals surface area contributed by atoms with E-state index in [1.807, 2.05) is 35.2 Å². The van der Waals surface area contributed by atoms with Gasteiger partial charge >= 0.3 is 0 Å². The molecular weight excluding hydrogens is 430 g/mol. The summed E-state index contributed by atoms with van der Waals surface area (Å²) in [5.74, 6) is -0.154. The number of allylic oxidation sites excluding steroid dienone is 3. The normalized spacial score (nSPS) is 19.5. The lowest BCUT2D eigenvalue weighted by atomic mass is 9.83. The van der Waals surface area contributed by atoms with E-state index in [2.05, 4.69) is 75.2 Å². The molecule has 4 heteroatoms. The highest BCUT2D eigenvalue weighted by atomic mass is 16.2. The number of nitrogens with zero attached hydrogens (tertiary/aromatic N) is 3. The molecule has 0 fully saturated rings. The molecule has 0 unspecified atom stereocenters. The third-order valence-electron chi connectivity index (χ3n) is 7.27. The minimum Gasteiger partial charge on any atom is -0.347 e. The topological polar surface area (TPSA) is 47.3 Å². The van der Waals surface area contributed by atoms with E-state index in [0.29, 0.717) is 13.1 Å². The highest BCUT2D eigenvalue weighted by Gasteiger charge is 2.38. The van der Waals surface area contributed by atoms with Crippen LogP contribution >= 0.6 is 0 Å². The average Bonchev–Trinajstić information content (AvgIpc) is 3.07. The molecule has 0 saturated heterocycles. The smallest absolute Gasteiger partial charge is 0.265 e. The molecule has 0 atom stereocenters. The number of carbonyl (C=O) groups excluding carboxylic acids is 1. The van der Waals surface area contributed by atoms with Crippen LogP contribution in [0.3, 0.4) is 0 Å². The first-order valence-corrected chi connectivity index (χ1v) is 12.6. The lowest BCUT2D eigenvalue weighted by Crippen LogP contribution is -2.38. The molecule has 180 valence electrons. The number of unbranched alkanes of at least 4 members (excludes halogenated alkanes) is 3. The van der Waals surface area contributed by atoms with Crippen molar-refractivity contribution in [3.8, 4) is 6.07 Å². The maximum absolute atomic E-state index is 13.3. The molecule has 0 N–H and O–H groups in total. The van der Waals surface area contributed by atoms with Gasteiger partial charge in [-0.1, -0.05) is 94.6 Å². The first kappa shape index (κ1) is 24.5. The van der Waals surface area contributed by atoms with Crippen molar-refractivity contribution in [1.29, 1.82) is 5.26 Å². The fourth-order valence-corrected chi connectivity index (χ4v) is 5.35. The van der Waals surface area contributed by atoms with Crippen molar-refractivity contribution in [2.75, 3.05) is 25.0 Å². The van der Waals surface area contributed by atoms with Gasteiger partial charge in [0.1, 0.15) is 11.6 Å². The number of carbonyl (C=O) groups is 1. The highest BCUT2D eigenvalue weighted by molar-refractivity contribution is 6.10. The van der Waals surface area contributed by atoms with Gasteiger partial charge in [-0.2, -0.15) is 5.26 Å². The zero-order valence-corrected chi connectivity index (χ0v) is 21.3. The number of para-hydroxylation sites is 1. The average molecular weight is 466 g/mol. The first-order valence-electron chi connectivity index (χ1n) is 12.6. The molecule has 0 radical (unpaired) electrons. The van der Waals surface area contributed by atoms with Crippen molar-refractivity contribution in [3.05, 3.63) is 94.7 Å². The van der Waals surface area contributed by atoms with E-state index in [0.717, 1.165) is 42.4 Å². The van der Waals surface area contributed by atoms with Gasteiger partial charge in [0, 0.05) is 42.5 Å². The van der Waals surface area contributed by atoms with E-state index < -0.39 is 0 Å². The molecule has 0 aliphatic carbocycles. The quantitative estimate of drug-likeness (QED) is 0.432. The number of anilines is 1. The molecular formula is C31H35N3O. The number of fused-ring (bicyclic) bond motifs is 1. The zero-order valence-electron chi connectivity index (χ0n) is 21.3. The zero-order chi connectivity index (χ0) is 25.0. The van der Waals surface area contributed by atoms with Crippen LogP contribution in [-0.2, 0) is 10.2 Å². The summed E-state index contributed by atoms with van der Waals surface area (Å²) in [5, 5.41) is 10.1. The molecule has 2 aliphatic heterocycles. The number of hydrogen-bond donors (Lipinski definition) is 0. The van der Waals surface area contributed by atoms with Crippen LogP contribution in [0.2, 0.25) is 0 Å². The maximum Gasteiger partial charge on any atom is 0.265 e. The second-order valence-corrected chi connectivity index (χ2v) is 9.96. The van der Waals surface area contributed by atoms with Crippen LogP contribution in [0.25, 0.3) is 5.57 Å². The van der Waals surface area contributed by atoms with Gasteiger partial charge in [0.05, 0.1) is 0 Å². The Morgan fingerprint density at radius 1 is 1.00 bits per heavy atom. The van der Waals surface area contributed by atoms with Crippen molar-refractivity contribution >= 4 is 17.2 Å². The predicted octanol–water partition coefficient (Wildman–Crippen LogP) is 6.62. The number of rotatable bonds is 7. The highest BCUT2D eigenvalue weighted by Crippen LogP contribution is 2.46.